The normalized spacial score (nSPS) is 20.1. The van der Waals surface area contributed by atoms with E-state index < -0.39 is 55.9 Å². The van der Waals surface area contributed by atoms with Crippen LogP contribution in [0.25, 0.3) is 0 Å². The topological polar surface area (TPSA) is 88.1 Å². The van der Waals surface area contributed by atoms with Crippen LogP contribution in [0.3, 0.4) is 0 Å². The van der Waals surface area contributed by atoms with Crippen LogP contribution in [0.15, 0.2) is 24.3 Å². The molecule has 0 aliphatic carbocycles. The largest absolute Gasteiger partial charge is 0.469 e. The Hall–Kier alpha value is -1.93. The van der Waals surface area contributed by atoms with E-state index in [4.69, 9.17) is 18.6 Å². The van der Waals surface area contributed by atoms with Crippen molar-refractivity contribution in [2.24, 2.45) is 5.92 Å². The van der Waals surface area contributed by atoms with E-state index >= 15 is 0 Å². The van der Waals surface area contributed by atoms with Crippen molar-refractivity contribution >= 4 is 26.2 Å². The van der Waals surface area contributed by atoms with Crippen LogP contribution in [0, 0.1) is 5.92 Å². The Bertz CT molecular complexity index is 806. The lowest BCUT2D eigenvalue weighted by atomic mass is 9.82. The molecule has 0 radical (unpaired) electrons. The minimum absolute atomic E-state index is 0.226. The Balaban J connectivity index is 2.85. The van der Waals surface area contributed by atoms with Crippen LogP contribution < -0.4 is 0 Å². The molecule has 0 aromatic carbocycles. The highest BCUT2D eigenvalue weighted by molar-refractivity contribution is 6.70. The fourth-order valence-corrected chi connectivity index (χ4v) is 5.90. The Labute approximate surface area is 231 Å². The number of carbonyl (C=O) groups is 3. The van der Waals surface area contributed by atoms with Gasteiger partial charge in [-0.05, 0) is 72.2 Å². The van der Waals surface area contributed by atoms with Gasteiger partial charge in [0, 0.05) is 6.42 Å². The molecule has 1 rings (SSSR count). The van der Waals surface area contributed by atoms with Gasteiger partial charge in [-0.25, -0.2) is 4.79 Å². The molecule has 8 heteroatoms. The average Bonchev–Trinajstić information content (AvgIpc) is 3.17. The minimum Gasteiger partial charge on any atom is -0.469 e. The maximum absolute atomic E-state index is 13.6. The number of hydrogen-bond acceptors (Lipinski definition) is 7. The van der Waals surface area contributed by atoms with E-state index in [2.05, 4.69) is 19.1 Å². The first-order valence-electron chi connectivity index (χ1n) is 14.3. The van der Waals surface area contributed by atoms with Crippen molar-refractivity contribution in [1.82, 2.24) is 0 Å². The first kappa shape index (κ1) is 34.1. The first-order chi connectivity index (χ1) is 17.7. The Morgan fingerprint density at radius 3 is 2.18 bits per heavy atom. The summed E-state index contributed by atoms with van der Waals surface area (Å²) in [6.07, 6.45) is 18.3. The van der Waals surface area contributed by atoms with Crippen LogP contribution in [0.5, 0.6) is 0 Å². The number of methoxy groups -OCH3 is 1. The number of rotatable bonds is 17. The van der Waals surface area contributed by atoms with Gasteiger partial charge in [0.25, 0.3) is 0 Å². The molecule has 0 spiro atoms. The fraction of sp³-hybridized carbons (Fsp3) is 0.767. The van der Waals surface area contributed by atoms with Gasteiger partial charge in [0.05, 0.1) is 13.5 Å². The molecule has 1 aliphatic rings. The maximum atomic E-state index is 13.6. The number of ether oxygens (including phenoxy) is 3. The number of unbranched alkanes of at least 4 members (excludes halogenated alkanes) is 7. The molecule has 0 aromatic rings. The Kier molecular flexibility index (Phi) is 14.6. The van der Waals surface area contributed by atoms with Gasteiger partial charge in [0.1, 0.15) is 17.6 Å². The van der Waals surface area contributed by atoms with Crippen molar-refractivity contribution in [2.75, 3.05) is 7.11 Å². The third-order valence-corrected chi connectivity index (χ3v) is 7.17. The molecule has 0 unspecified atom stereocenters. The van der Waals surface area contributed by atoms with Crippen molar-refractivity contribution in [3.8, 4) is 0 Å². The van der Waals surface area contributed by atoms with Gasteiger partial charge in [-0.3, -0.25) is 9.59 Å². The Morgan fingerprint density at radius 1 is 0.974 bits per heavy atom. The van der Waals surface area contributed by atoms with E-state index in [1.807, 2.05) is 31.8 Å². The van der Waals surface area contributed by atoms with E-state index in [-0.39, 0.29) is 6.42 Å². The fourth-order valence-electron chi connectivity index (χ4n) is 4.51. The summed E-state index contributed by atoms with van der Waals surface area (Å²) in [5.41, 5.74) is -2.63. The van der Waals surface area contributed by atoms with Gasteiger partial charge in [-0.1, -0.05) is 57.3 Å². The molecular weight excluding hydrogens is 500 g/mol. The van der Waals surface area contributed by atoms with Crippen molar-refractivity contribution in [2.45, 2.75) is 135 Å². The van der Waals surface area contributed by atoms with E-state index in [1.54, 1.807) is 20.8 Å². The second-order valence-electron chi connectivity index (χ2n) is 12.2. The second kappa shape index (κ2) is 16.2. The van der Waals surface area contributed by atoms with Crippen LogP contribution in [-0.2, 0) is 33.0 Å². The SMILES string of the molecule is CCCCCCCC/C=C\CC/C=C/[C@H]1C[C@H]([C@@](CC(=O)OC)(O[Si](C)(C)C)C(=O)OC(C)(C)C)C(=O)O1. The smallest absolute Gasteiger partial charge is 0.339 e. The molecule has 0 aromatic heterocycles. The summed E-state index contributed by atoms with van der Waals surface area (Å²) < 4.78 is 22.5. The van der Waals surface area contributed by atoms with Crippen LogP contribution in [0.1, 0.15) is 98.3 Å². The van der Waals surface area contributed by atoms with Gasteiger partial charge in [-0.2, -0.15) is 0 Å². The summed E-state index contributed by atoms with van der Waals surface area (Å²) in [4.78, 5) is 39.1. The van der Waals surface area contributed by atoms with Gasteiger partial charge in [0.15, 0.2) is 13.9 Å². The summed E-state index contributed by atoms with van der Waals surface area (Å²) in [7, 11) is -1.18. The molecule has 1 fully saturated rings. The maximum Gasteiger partial charge on any atom is 0.339 e. The standard InChI is InChI=1S/C30H52O7Si/c1-9-10-11-12-13-14-15-16-17-18-19-20-21-24-22-25(27(32)35-24)30(23-26(31)34-5,37-38(6,7)8)28(33)36-29(2,3)4/h16-17,20-21,24-25H,9-15,18-19,22-23H2,1-8H3/b17-16-,21-20+/t24-,25-,30+/m0/s1. The molecule has 1 saturated heterocycles. The summed E-state index contributed by atoms with van der Waals surface area (Å²) in [5.74, 6) is -2.92. The lowest BCUT2D eigenvalue weighted by molar-refractivity contribution is -0.187. The van der Waals surface area contributed by atoms with E-state index in [9.17, 15) is 14.4 Å². The molecule has 7 nitrogen and oxygen atoms in total. The highest BCUT2D eigenvalue weighted by atomic mass is 28.4. The molecular formula is C30H52O7Si. The third-order valence-electron chi connectivity index (χ3n) is 6.19. The van der Waals surface area contributed by atoms with Gasteiger partial charge in [-0.15, -0.1) is 0 Å². The number of carbonyl (C=O) groups excluding carboxylic acids is 3. The molecule has 38 heavy (non-hydrogen) atoms. The number of hydrogen-bond donors (Lipinski definition) is 0. The molecule has 0 N–H and O–H groups in total. The predicted octanol–water partition coefficient (Wildman–Crippen LogP) is 7.06. The van der Waals surface area contributed by atoms with E-state index in [0.717, 1.165) is 19.3 Å². The highest BCUT2D eigenvalue weighted by Crippen LogP contribution is 2.40. The van der Waals surface area contributed by atoms with Crippen molar-refractivity contribution in [3.63, 3.8) is 0 Å². The minimum atomic E-state index is -2.43. The summed E-state index contributed by atoms with van der Waals surface area (Å²) in [6.45, 7) is 13.2. The lowest BCUT2D eigenvalue weighted by Gasteiger charge is -2.40. The van der Waals surface area contributed by atoms with Gasteiger partial charge in [0.2, 0.25) is 0 Å². The first-order valence-corrected chi connectivity index (χ1v) is 17.7. The molecule has 1 aliphatic heterocycles. The van der Waals surface area contributed by atoms with E-state index in [1.165, 1.54) is 45.6 Å². The zero-order chi connectivity index (χ0) is 28.8. The zero-order valence-corrected chi connectivity index (χ0v) is 26.1. The van der Waals surface area contributed by atoms with Crippen LogP contribution in [0.2, 0.25) is 19.6 Å². The van der Waals surface area contributed by atoms with Crippen LogP contribution >= 0.6 is 0 Å². The van der Waals surface area contributed by atoms with Gasteiger partial charge < -0.3 is 18.6 Å². The summed E-state index contributed by atoms with van der Waals surface area (Å²) in [6, 6.07) is 0. The Morgan fingerprint density at radius 2 is 1.58 bits per heavy atom. The second-order valence-corrected chi connectivity index (χ2v) is 16.6. The quantitative estimate of drug-likeness (QED) is 0.0627. The number of cyclic esters (lactones) is 1. The van der Waals surface area contributed by atoms with Crippen LogP contribution in [-0.4, -0.2) is 50.6 Å². The molecule has 1 heterocycles. The van der Waals surface area contributed by atoms with Gasteiger partial charge >= 0.3 is 17.9 Å². The summed E-state index contributed by atoms with van der Waals surface area (Å²) in [5, 5.41) is 0. The van der Waals surface area contributed by atoms with Crippen molar-refractivity contribution in [3.05, 3.63) is 24.3 Å². The third kappa shape index (κ3) is 12.7. The highest BCUT2D eigenvalue weighted by Gasteiger charge is 2.59. The molecule has 0 saturated carbocycles. The zero-order valence-electron chi connectivity index (χ0n) is 25.1. The van der Waals surface area contributed by atoms with Crippen molar-refractivity contribution in [1.29, 1.82) is 0 Å². The molecule has 0 amide bonds. The molecule has 3 atom stereocenters. The summed E-state index contributed by atoms with van der Waals surface area (Å²) >= 11 is 0. The number of esters is 3. The molecule has 0 bridgehead atoms. The predicted molar refractivity (Wildman–Crippen MR) is 153 cm³/mol. The lowest BCUT2D eigenvalue weighted by Crippen LogP contribution is -2.58. The average molecular weight is 553 g/mol. The molecule has 218 valence electrons. The van der Waals surface area contributed by atoms with Crippen molar-refractivity contribution < 1.29 is 33.0 Å². The monoisotopic (exact) mass is 552 g/mol. The number of allylic oxidation sites excluding steroid dienone is 3. The van der Waals surface area contributed by atoms with Crippen LogP contribution in [0.4, 0.5) is 0 Å². The van der Waals surface area contributed by atoms with E-state index in [0.29, 0.717) is 0 Å².